The molecule has 0 aliphatic heterocycles. The van der Waals surface area contributed by atoms with Crippen LogP contribution in [0.4, 0.5) is 5.82 Å². The van der Waals surface area contributed by atoms with E-state index >= 15 is 0 Å². The monoisotopic (exact) mass is 419 g/mol. The predicted molar refractivity (Wildman–Crippen MR) is 120 cm³/mol. The Balaban J connectivity index is 1.65. The molecule has 152 valence electrons. The van der Waals surface area contributed by atoms with Gasteiger partial charge in [0, 0.05) is 11.1 Å². The summed E-state index contributed by atoms with van der Waals surface area (Å²) >= 11 is 6.03. The number of fused-ring (bicyclic) bond motifs is 2. The normalized spacial score (nSPS) is 14.6. The number of anilines is 1. The third-order valence-corrected chi connectivity index (χ3v) is 6.01. The molecule has 1 aliphatic rings. The van der Waals surface area contributed by atoms with E-state index in [1.807, 2.05) is 53.1 Å². The summed E-state index contributed by atoms with van der Waals surface area (Å²) < 4.78 is 1.86. The van der Waals surface area contributed by atoms with Crippen molar-refractivity contribution in [2.75, 3.05) is 5.73 Å². The average Bonchev–Trinajstić information content (AvgIpc) is 3.34. The van der Waals surface area contributed by atoms with Crippen molar-refractivity contribution in [2.24, 2.45) is 0 Å². The van der Waals surface area contributed by atoms with Crippen LogP contribution in [-0.4, -0.2) is 26.5 Å². The number of aromatic nitrogens is 3. The zero-order valence-corrected chi connectivity index (χ0v) is 17.2. The Morgan fingerprint density at radius 3 is 2.43 bits per heavy atom. The fraction of sp³-hybridized carbons (Fsp3) is 0.261. The third kappa shape index (κ3) is 3.37. The van der Waals surface area contributed by atoms with Crippen LogP contribution >= 0.6 is 11.6 Å². The van der Waals surface area contributed by atoms with Crippen molar-refractivity contribution in [2.45, 2.75) is 38.3 Å². The molecule has 1 fully saturated rings. The summed E-state index contributed by atoms with van der Waals surface area (Å²) in [6.07, 6.45) is 4.29. The summed E-state index contributed by atoms with van der Waals surface area (Å²) in [5.41, 5.74) is 10.6. The molecule has 2 aromatic heterocycles. The number of nitrogens with zero attached hydrogens (tertiary/aromatic N) is 3. The van der Waals surface area contributed by atoms with Crippen molar-refractivity contribution in [1.29, 1.82) is 0 Å². The predicted octanol–water partition coefficient (Wildman–Crippen LogP) is 4.54. The van der Waals surface area contributed by atoms with Gasteiger partial charge < -0.3 is 15.6 Å². The molecule has 0 atom stereocenters. The molecule has 5 rings (SSSR count). The zero-order valence-electron chi connectivity index (χ0n) is 16.4. The van der Waals surface area contributed by atoms with Crippen LogP contribution in [0.25, 0.3) is 22.2 Å². The molecular weight excluding hydrogens is 398 g/mol. The standard InChI is InChI=1S/C23H22ClN5O/c24-15-11-9-14(10-12-15)13-29-21(25)19(23(30)26-16-5-1-2-6-16)20-22(29)28-18-8-4-3-7-17(18)27-20/h3-4,7-12,16H,1-2,5-6,13,25H2,(H,26,30). The van der Waals surface area contributed by atoms with Gasteiger partial charge >= 0.3 is 0 Å². The minimum atomic E-state index is -0.177. The molecule has 1 amide bonds. The minimum Gasteiger partial charge on any atom is -0.384 e. The average molecular weight is 420 g/mol. The maximum atomic E-state index is 13.2. The maximum Gasteiger partial charge on any atom is 0.257 e. The van der Waals surface area contributed by atoms with Crippen LogP contribution in [0.15, 0.2) is 48.5 Å². The lowest BCUT2D eigenvalue weighted by atomic mass is 10.2. The number of carbonyl (C=O) groups excluding carboxylic acids is 1. The van der Waals surface area contributed by atoms with E-state index in [4.69, 9.17) is 27.3 Å². The topological polar surface area (TPSA) is 85.8 Å². The first-order valence-electron chi connectivity index (χ1n) is 10.2. The van der Waals surface area contributed by atoms with Gasteiger partial charge in [-0.1, -0.05) is 48.7 Å². The summed E-state index contributed by atoms with van der Waals surface area (Å²) in [6, 6.07) is 15.4. The number of hydrogen-bond donors (Lipinski definition) is 2. The number of amides is 1. The molecule has 1 saturated carbocycles. The van der Waals surface area contributed by atoms with Gasteiger partial charge in [0.25, 0.3) is 5.91 Å². The summed E-state index contributed by atoms with van der Waals surface area (Å²) in [5, 5.41) is 3.82. The van der Waals surface area contributed by atoms with Crippen LogP contribution in [0.5, 0.6) is 0 Å². The molecule has 1 aliphatic carbocycles. The highest BCUT2D eigenvalue weighted by Gasteiger charge is 2.26. The van der Waals surface area contributed by atoms with Crippen molar-refractivity contribution in [1.82, 2.24) is 19.9 Å². The van der Waals surface area contributed by atoms with Gasteiger partial charge in [-0.2, -0.15) is 0 Å². The van der Waals surface area contributed by atoms with Crippen molar-refractivity contribution < 1.29 is 4.79 Å². The van der Waals surface area contributed by atoms with Gasteiger partial charge in [0.15, 0.2) is 5.65 Å². The summed E-state index contributed by atoms with van der Waals surface area (Å²) in [7, 11) is 0. The van der Waals surface area contributed by atoms with Crippen molar-refractivity contribution in [3.8, 4) is 0 Å². The van der Waals surface area contributed by atoms with Gasteiger partial charge in [-0.25, -0.2) is 9.97 Å². The number of carbonyl (C=O) groups is 1. The van der Waals surface area contributed by atoms with Crippen LogP contribution in [-0.2, 0) is 6.54 Å². The van der Waals surface area contributed by atoms with Crippen LogP contribution in [0.1, 0.15) is 41.6 Å². The second-order valence-corrected chi connectivity index (χ2v) is 8.25. The van der Waals surface area contributed by atoms with Crippen molar-refractivity contribution >= 4 is 45.5 Å². The Kier molecular flexibility index (Phi) is 4.79. The number of nitrogens with two attached hydrogens (primary N) is 1. The summed E-state index contributed by atoms with van der Waals surface area (Å²) in [6.45, 7) is 0.475. The highest BCUT2D eigenvalue weighted by atomic mass is 35.5. The molecule has 30 heavy (non-hydrogen) atoms. The van der Waals surface area contributed by atoms with Crippen LogP contribution < -0.4 is 11.1 Å². The van der Waals surface area contributed by atoms with Gasteiger partial charge in [0.1, 0.15) is 16.9 Å². The molecular formula is C23H22ClN5O. The number of para-hydroxylation sites is 2. The van der Waals surface area contributed by atoms with Gasteiger partial charge in [0.05, 0.1) is 17.6 Å². The Morgan fingerprint density at radius 1 is 1.07 bits per heavy atom. The van der Waals surface area contributed by atoms with Crippen molar-refractivity contribution in [3.05, 3.63) is 64.7 Å². The van der Waals surface area contributed by atoms with Gasteiger partial charge in [0.2, 0.25) is 0 Å². The molecule has 2 aromatic carbocycles. The van der Waals surface area contributed by atoms with Gasteiger partial charge in [-0.05, 0) is 42.7 Å². The van der Waals surface area contributed by atoms with E-state index < -0.39 is 0 Å². The lowest BCUT2D eigenvalue weighted by Crippen LogP contribution is -2.33. The largest absolute Gasteiger partial charge is 0.384 e. The number of nitrogens with one attached hydrogen (secondary N) is 1. The minimum absolute atomic E-state index is 0.177. The fourth-order valence-electron chi connectivity index (χ4n) is 4.20. The van der Waals surface area contributed by atoms with E-state index in [9.17, 15) is 4.79 Å². The van der Waals surface area contributed by atoms with Crippen LogP contribution in [0.3, 0.4) is 0 Å². The third-order valence-electron chi connectivity index (χ3n) is 5.76. The van der Waals surface area contributed by atoms with E-state index in [0.29, 0.717) is 34.1 Å². The van der Waals surface area contributed by atoms with E-state index in [2.05, 4.69) is 5.32 Å². The van der Waals surface area contributed by atoms with E-state index in [0.717, 1.165) is 42.3 Å². The maximum absolute atomic E-state index is 13.2. The Morgan fingerprint density at radius 2 is 1.73 bits per heavy atom. The Hall–Kier alpha value is -3.12. The second kappa shape index (κ2) is 7.61. The highest BCUT2D eigenvalue weighted by molar-refractivity contribution is 6.30. The smallest absolute Gasteiger partial charge is 0.257 e. The number of benzene rings is 2. The lowest BCUT2D eigenvalue weighted by Gasteiger charge is -2.12. The van der Waals surface area contributed by atoms with E-state index in [1.54, 1.807) is 0 Å². The first-order valence-corrected chi connectivity index (χ1v) is 10.6. The zero-order chi connectivity index (χ0) is 20.7. The number of halogens is 1. The number of rotatable bonds is 4. The SMILES string of the molecule is Nc1c(C(=O)NC2CCCC2)c2nc3ccccc3nc2n1Cc1ccc(Cl)cc1. The first kappa shape index (κ1) is 18.9. The Labute approximate surface area is 179 Å². The second-order valence-electron chi connectivity index (χ2n) is 7.81. The molecule has 4 aromatic rings. The number of nitrogen functional groups attached to an aromatic ring is 1. The quantitative estimate of drug-likeness (QED) is 0.508. The highest BCUT2D eigenvalue weighted by Crippen LogP contribution is 2.29. The molecule has 3 N–H and O–H groups in total. The molecule has 0 bridgehead atoms. The van der Waals surface area contributed by atoms with Crippen molar-refractivity contribution in [3.63, 3.8) is 0 Å². The lowest BCUT2D eigenvalue weighted by molar-refractivity contribution is 0.0940. The fourth-order valence-corrected chi connectivity index (χ4v) is 4.33. The Bertz CT molecular complexity index is 1240. The summed E-state index contributed by atoms with van der Waals surface area (Å²) in [4.78, 5) is 22.8. The first-order chi connectivity index (χ1) is 14.6. The van der Waals surface area contributed by atoms with E-state index in [-0.39, 0.29) is 11.9 Å². The number of hydrogen-bond acceptors (Lipinski definition) is 4. The molecule has 0 spiro atoms. The molecule has 0 saturated heterocycles. The molecule has 0 unspecified atom stereocenters. The molecule has 6 nitrogen and oxygen atoms in total. The summed E-state index contributed by atoms with van der Waals surface area (Å²) in [5.74, 6) is 0.203. The molecule has 7 heteroatoms. The van der Waals surface area contributed by atoms with Gasteiger partial charge in [-0.15, -0.1) is 0 Å². The van der Waals surface area contributed by atoms with E-state index in [1.165, 1.54) is 0 Å². The van der Waals surface area contributed by atoms with Crippen LogP contribution in [0, 0.1) is 0 Å². The van der Waals surface area contributed by atoms with Crippen LogP contribution in [0.2, 0.25) is 5.02 Å². The van der Waals surface area contributed by atoms with Gasteiger partial charge in [-0.3, -0.25) is 4.79 Å². The molecule has 2 heterocycles. The molecule has 0 radical (unpaired) electrons.